The van der Waals surface area contributed by atoms with Gasteiger partial charge in [0.1, 0.15) is 0 Å². The molecule has 3 nitrogen and oxygen atoms in total. The Balaban J connectivity index is 2.12. The molecule has 2 heterocycles. The van der Waals surface area contributed by atoms with Crippen molar-refractivity contribution in [3.8, 4) is 0 Å². The van der Waals surface area contributed by atoms with E-state index in [1.807, 2.05) is 0 Å². The van der Waals surface area contributed by atoms with E-state index in [1.54, 1.807) is 0 Å². The predicted molar refractivity (Wildman–Crippen MR) is 57.4 cm³/mol. The summed E-state index contributed by atoms with van der Waals surface area (Å²) in [6.07, 6.45) is 1.29. The van der Waals surface area contributed by atoms with E-state index < -0.39 is 0 Å². The minimum atomic E-state index is 0.771. The molecular weight excluding hydrogens is 174 g/mol. The highest BCUT2D eigenvalue weighted by Gasteiger charge is 2.17. The zero-order valence-corrected chi connectivity index (χ0v) is 9.30. The summed E-state index contributed by atoms with van der Waals surface area (Å²) in [7, 11) is 0. The second-order valence-corrected chi connectivity index (χ2v) is 4.34. The normalized spacial score (nSPS) is 21.8. The van der Waals surface area contributed by atoms with Crippen molar-refractivity contribution in [2.24, 2.45) is 5.92 Å². The van der Waals surface area contributed by atoms with Crippen molar-refractivity contribution in [2.45, 2.75) is 33.7 Å². The van der Waals surface area contributed by atoms with Gasteiger partial charge in [-0.15, -0.1) is 0 Å². The molecule has 0 spiro atoms. The van der Waals surface area contributed by atoms with E-state index in [-0.39, 0.29) is 0 Å². The lowest BCUT2D eigenvalue weighted by molar-refractivity contribution is 0.441. The third-order valence-electron chi connectivity index (χ3n) is 3.34. The Morgan fingerprint density at radius 3 is 2.71 bits per heavy atom. The lowest BCUT2D eigenvalue weighted by atomic mass is 10.1. The number of rotatable bonds is 2. The largest absolute Gasteiger partial charge is 0.316 e. The van der Waals surface area contributed by atoms with E-state index in [9.17, 15) is 0 Å². The summed E-state index contributed by atoms with van der Waals surface area (Å²) >= 11 is 0. The third-order valence-corrected chi connectivity index (χ3v) is 3.34. The van der Waals surface area contributed by atoms with Gasteiger partial charge in [0.15, 0.2) is 0 Å². The Bertz CT molecular complexity index is 322. The van der Waals surface area contributed by atoms with Gasteiger partial charge in [-0.05, 0) is 51.8 Å². The molecule has 0 radical (unpaired) electrons. The zero-order chi connectivity index (χ0) is 10.1. The Kier molecular flexibility index (Phi) is 2.59. The maximum Gasteiger partial charge on any atom is 0.0625 e. The molecule has 0 aromatic carbocycles. The maximum atomic E-state index is 4.56. The van der Waals surface area contributed by atoms with Crippen molar-refractivity contribution >= 4 is 0 Å². The number of nitrogens with zero attached hydrogens (tertiary/aromatic N) is 2. The highest BCUT2D eigenvalue weighted by molar-refractivity contribution is 5.22. The topological polar surface area (TPSA) is 29.9 Å². The van der Waals surface area contributed by atoms with E-state index in [2.05, 4.69) is 35.9 Å². The van der Waals surface area contributed by atoms with E-state index >= 15 is 0 Å². The van der Waals surface area contributed by atoms with Gasteiger partial charge >= 0.3 is 0 Å². The van der Waals surface area contributed by atoms with Gasteiger partial charge in [-0.2, -0.15) is 5.10 Å². The molecule has 0 amide bonds. The van der Waals surface area contributed by atoms with Crippen molar-refractivity contribution in [1.82, 2.24) is 15.1 Å². The van der Waals surface area contributed by atoms with Crippen LogP contribution in [0, 0.1) is 26.7 Å². The molecule has 3 heteroatoms. The van der Waals surface area contributed by atoms with Crippen LogP contribution in [-0.4, -0.2) is 22.9 Å². The summed E-state index contributed by atoms with van der Waals surface area (Å²) in [6.45, 7) is 9.80. The first-order chi connectivity index (χ1) is 6.68. The van der Waals surface area contributed by atoms with Gasteiger partial charge in [0.25, 0.3) is 0 Å². The molecule has 1 fully saturated rings. The molecule has 1 aromatic heterocycles. The van der Waals surface area contributed by atoms with Gasteiger partial charge in [0, 0.05) is 12.2 Å². The van der Waals surface area contributed by atoms with Crippen LogP contribution in [0.25, 0.3) is 0 Å². The fourth-order valence-corrected chi connectivity index (χ4v) is 2.08. The fraction of sp³-hybridized carbons (Fsp3) is 0.727. The van der Waals surface area contributed by atoms with Crippen molar-refractivity contribution < 1.29 is 0 Å². The van der Waals surface area contributed by atoms with Crippen molar-refractivity contribution in [3.63, 3.8) is 0 Å². The van der Waals surface area contributed by atoms with Gasteiger partial charge in [0.2, 0.25) is 0 Å². The molecular formula is C11H19N3. The van der Waals surface area contributed by atoms with Crippen LogP contribution >= 0.6 is 0 Å². The molecule has 0 bridgehead atoms. The highest BCUT2D eigenvalue weighted by Crippen LogP contribution is 2.15. The number of aryl methyl sites for hydroxylation is 1. The first-order valence-corrected chi connectivity index (χ1v) is 5.40. The summed E-state index contributed by atoms with van der Waals surface area (Å²) in [5, 5.41) is 7.95. The summed E-state index contributed by atoms with van der Waals surface area (Å²) in [5.74, 6) is 0.771. The van der Waals surface area contributed by atoms with Crippen molar-refractivity contribution in [1.29, 1.82) is 0 Å². The minimum Gasteiger partial charge on any atom is -0.316 e. The molecule has 1 aliphatic heterocycles. The SMILES string of the molecule is Cc1nn(CC2CCNC2)c(C)c1C. The minimum absolute atomic E-state index is 0.771. The molecule has 2 rings (SSSR count). The van der Waals surface area contributed by atoms with E-state index in [0.29, 0.717) is 0 Å². The Hall–Kier alpha value is -0.830. The quantitative estimate of drug-likeness (QED) is 0.770. The molecule has 1 atom stereocenters. The monoisotopic (exact) mass is 193 g/mol. The van der Waals surface area contributed by atoms with E-state index in [1.165, 1.54) is 29.9 Å². The molecule has 1 aromatic rings. The summed E-state index contributed by atoms with van der Waals surface area (Å²) < 4.78 is 2.17. The van der Waals surface area contributed by atoms with Crippen LogP contribution in [0.5, 0.6) is 0 Å². The van der Waals surface area contributed by atoms with Crippen LogP contribution in [0.3, 0.4) is 0 Å². The number of hydrogen-bond acceptors (Lipinski definition) is 2. The first-order valence-electron chi connectivity index (χ1n) is 5.40. The Morgan fingerprint density at radius 1 is 1.43 bits per heavy atom. The van der Waals surface area contributed by atoms with Crippen LogP contribution in [0.1, 0.15) is 23.4 Å². The number of hydrogen-bond donors (Lipinski definition) is 1. The van der Waals surface area contributed by atoms with Crippen LogP contribution in [-0.2, 0) is 6.54 Å². The first kappa shape index (κ1) is 9.71. The van der Waals surface area contributed by atoms with Gasteiger partial charge < -0.3 is 5.32 Å². The lowest BCUT2D eigenvalue weighted by Gasteiger charge is -2.09. The van der Waals surface area contributed by atoms with Gasteiger partial charge in [-0.1, -0.05) is 0 Å². The fourth-order valence-electron chi connectivity index (χ4n) is 2.08. The molecule has 0 aliphatic carbocycles. The number of nitrogens with one attached hydrogen (secondary N) is 1. The predicted octanol–water partition coefficient (Wildman–Crippen LogP) is 1.42. The second kappa shape index (κ2) is 3.73. The third kappa shape index (κ3) is 1.69. The van der Waals surface area contributed by atoms with Crippen LogP contribution < -0.4 is 5.32 Å². The lowest BCUT2D eigenvalue weighted by Crippen LogP contribution is -2.16. The van der Waals surface area contributed by atoms with Crippen LogP contribution in [0.2, 0.25) is 0 Å². The zero-order valence-electron chi connectivity index (χ0n) is 9.30. The maximum absolute atomic E-state index is 4.56. The molecule has 78 valence electrons. The highest BCUT2D eigenvalue weighted by atomic mass is 15.3. The molecule has 14 heavy (non-hydrogen) atoms. The average molecular weight is 193 g/mol. The molecule has 1 saturated heterocycles. The smallest absolute Gasteiger partial charge is 0.0625 e. The second-order valence-electron chi connectivity index (χ2n) is 4.34. The molecule has 1 unspecified atom stereocenters. The van der Waals surface area contributed by atoms with Gasteiger partial charge in [-0.25, -0.2) is 0 Å². The van der Waals surface area contributed by atoms with Crippen molar-refractivity contribution in [3.05, 3.63) is 17.0 Å². The van der Waals surface area contributed by atoms with Gasteiger partial charge in [0.05, 0.1) is 5.69 Å². The van der Waals surface area contributed by atoms with Crippen LogP contribution in [0.4, 0.5) is 0 Å². The molecule has 1 N–H and O–H groups in total. The molecule has 0 saturated carbocycles. The van der Waals surface area contributed by atoms with Crippen molar-refractivity contribution in [2.75, 3.05) is 13.1 Å². The average Bonchev–Trinajstić information content (AvgIpc) is 2.73. The standard InChI is InChI=1S/C11H19N3/c1-8-9(2)13-14(10(8)3)7-11-4-5-12-6-11/h11-12H,4-7H2,1-3H3. The molecule has 1 aliphatic rings. The number of aromatic nitrogens is 2. The summed E-state index contributed by atoms with van der Waals surface area (Å²) in [4.78, 5) is 0. The summed E-state index contributed by atoms with van der Waals surface area (Å²) in [6, 6.07) is 0. The summed E-state index contributed by atoms with van der Waals surface area (Å²) in [5.41, 5.74) is 3.85. The van der Waals surface area contributed by atoms with E-state index in [0.717, 1.165) is 19.0 Å². The Morgan fingerprint density at radius 2 is 2.21 bits per heavy atom. The van der Waals surface area contributed by atoms with E-state index in [4.69, 9.17) is 0 Å². The van der Waals surface area contributed by atoms with Gasteiger partial charge in [-0.3, -0.25) is 4.68 Å². The van der Waals surface area contributed by atoms with Crippen LogP contribution in [0.15, 0.2) is 0 Å². The Labute approximate surface area is 85.5 Å².